The monoisotopic (exact) mass is 590 g/mol. The van der Waals surface area contributed by atoms with E-state index in [9.17, 15) is 0 Å². The maximum absolute atomic E-state index is 2.47. The van der Waals surface area contributed by atoms with E-state index in [1.807, 2.05) is 11.3 Å². The third-order valence-corrected chi connectivity index (χ3v) is 10.5. The van der Waals surface area contributed by atoms with Crippen molar-refractivity contribution in [3.63, 3.8) is 0 Å². The fourth-order valence-corrected chi connectivity index (χ4v) is 8.57. The van der Waals surface area contributed by atoms with E-state index in [2.05, 4.69) is 167 Å². The van der Waals surface area contributed by atoms with Crippen LogP contribution in [0.4, 0.5) is 0 Å². The molecule has 0 aliphatic carbocycles. The van der Waals surface area contributed by atoms with E-state index in [1.165, 1.54) is 86.3 Å². The van der Waals surface area contributed by atoms with Gasteiger partial charge in [-0.05, 0) is 59.7 Å². The van der Waals surface area contributed by atoms with Crippen LogP contribution in [-0.4, -0.2) is 9.13 Å². The van der Waals surface area contributed by atoms with Crippen molar-refractivity contribution in [1.29, 1.82) is 0 Å². The van der Waals surface area contributed by atoms with Crippen molar-refractivity contribution in [2.45, 2.75) is 0 Å². The largest absolute Gasteiger partial charge is 0.309 e. The second-order valence-electron chi connectivity index (χ2n) is 11.8. The Morgan fingerprint density at radius 2 is 0.933 bits per heavy atom. The lowest BCUT2D eigenvalue weighted by atomic mass is 10.0. The molecule has 0 radical (unpaired) electrons. The van der Waals surface area contributed by atoms with Gasteiger partial charge < -0.3 is 9.13 Å². The van der Waals surface area contributed by atoms with Gasteiger partial charge in [-0.15, -0.1) is 11.3 Å². The highest BCUT2D eigenvalue weighted by atomic mass is 32.1. The smallest absolute Gasteiger partial charge is 0.0719 e. The zero-order valence-corrected chi connectivity index (χ0v) is 25.1. The van der Waals surface area contributed by atoms with E-state index >= 15 is 0 Å². The molecule has 0 saturated heterocycles. The number of nitrogens with zero attached hydrogens (tertiary/aromatic N) is 2. The molecule has 45 heavy (non-hydrogen) atoms. The Balaban J connectivity index is 1.15. The van der Waals surface area contributed by atoms with Crippen LogP contribution in [0.15, 0.2) is 158 Å². The fourth-order valence-electron chi connectivity index (χ4n) is 7.33. The van der Waals surface area contributed by atoms with Crippen molar-refractivity contribution in [2.75, 3.05) is 0 Å². The number of fused-ring (bicyclic) bond motifs is 10. The summed E-state index contributed by atoms with van der Waals surface area (Å²) in [5.74, 6) is 0. The summed E-state index contributed by atoms with van der Waals surface area (Å²) in [4.78, 5) is 0. The van der Waals surface area contributed by atoms with Crippen LogP contribution in [0.5, 0.6) is 0 Å². The van der Waals surface area contributed by atoms with Gasteiger partial charge in [0.2, 0.25) is 0 Å². The average molecular weight is 591 g/mol. The lowest BCUT2D eigenvalue weighted by molar-refractivity contribution is 1.18. The highest BCUT2D eigenvalue weighted by Crippen LogP contribution is 2.43. The molecule has 0 aliphatic rings. The van der Waals surface area contributed by atoms with Crippen LogP contribution in [0.3, 0.4) is 0 Å². The van der Waals surface area contributed by atoms with Gasteiger partial charge in [0.05, 0.1) is 26.8 Å². The molecule has 0 fully saturated rings. The molecule has 0 amide bonds. The minimum Gasteiger partial charge on any atom is -0.309 e. The van der Waals surface area contributed by atoms with E-state index in [4.69, 9.17) is 0 Å². The number of benzene rings is 7. The quantitative estimate of drug-likeness (QED) is 0.194. The van der Waals surface area contributed by atoms with Crippen molar-refractivity contribution in [3.8, 4) is 22.5 Å². The summed E-state index contributed by atoms with van der Waals surface area (Å²) in [5.41, 5.74) is 9.73. The molecule has 10 rings (SSSR count). The Morgan fingerprint density at radius 3 is 1.64 bits per heavy atom. The first-order valence-corrected chi connectivity index (χ1v) is 16.2. The molecular weight excluding hydrogens is 565 g/mol. The maximum Gasteiger partial charge on any atom is 0.0719 e. The first-order valence-electron chi connectivity index (χ1n) is 15.4. The predicted molar refractivity (Wildman–Crippen MR) is 193 cm³/mol. The molecular formula is C42H26N2S. The van der Waals surface area contributed by atoms with Gasteiger partial charge in [-0.25, -0.2) is 0 Å². The van der Waals surface area contributed by atoms with Crippen LogP contribution in [0.1, 0.15) is 0 Å². The Bertz CT molecular complexity index is 2700. The second-order valence-corrected chi connectivity index (χ2v) is 12.8. The van der Waals surface area contributed by atoms with Gasteiger partial charge in [-0.3, -0.25) is 0 Å². The number of hydrogen-bond acceptors (Lipinski definition) is 1. The summed E-state index contributed by atoms with van der Waals surface area (Å²) in [6.45, 7) is 0. The maximum atomic E-state index is 2.47. The number of aromatic nitrogens is 2. The van der Waals surface area contributed by atoms with Gasteiger partial charge >= 0.3 is 0 Å². The van der Waals surface area contributed by atoms with Crippen LogP contribution >= 0.6 is 11.3 Å². The molecule has 0 saturated carbocycles. The van der Waals surface area contributed by atoms with Gasteiger partial charge in [0.15, 0.2) is 0 Å². The lowest BCUT2D eigenvalue weighted by Crippen LogP contribution is -1.95. The molecule has 0 N–H and O–H groups in total. The summed E-state index contributed by atoms with van der Waals surface area (Å²) in [5, 5.41) is 7.79. The molecule has 0 aliphatic heterocycles. The fraction of sp³-hybridized carbons (Fsp3) is 0. The average Bonchev–Trinajstić information content (AvgIpc) is 3.76. The lowest BCUT2D eigenvalue weighted by Gasteiger charge is -2.12. The number of para-hydroxylation sites is 3. The molecule has 10 aromatic rings. The molecule has 3 heterocycles. The zero-order valence-electron chi connectivity index (χ0n) is 24.3. The summed E-state index contributed by atoms with van der Waals surface area (Å²) < 4.78 is 7.51. The highest BCUT2D eigenvalue weighted by molar-refractivity contribution is 7.26. The molecule has 3 heteroatoms. The van der Waals surface area contributed by atoms with Crippen molar-refractivity contribution in [1.82, 2.24) is 9.13 Å². The van der Waals surface area contributed by atoms with Gasteiger partial charge in [0, 0.05) is 48.4 Å². The van der Waals surface area contributed by atoms with E-state index in [-0.39, 0.29) is 0 Å². The van der Waals surface area contributed by atoms with E-state index in [0.29, 0.717) is 0 Å². The third-order valence-electron chi connectivity index (χ3n) is 9.32. The van der Waals surface area contributed by atoms with Gasteiger partial charge in [0.25, 0.3) is 0 Å². The predicted octanol–water partition coefficient (Wildman–Crippen LogP) is 11.9. The summed E-state index contributed by atoms with van der Waals surface area (Å²) >= 11 is 1.89. The van der Waals surface area contributed by atoms with Crippen molar-refractivity contribution >= 4 is 75.1 Å². The van der Waals surface area contributed by atoms with Crippen molar-refractivity contribution < 1.29 is 0 Å². The first kappa shape index (κ1) is 24.8. The Labute approximate surface area is 263 Å². The SMILES string of the molecule is c1cc(-c2ccc(-n3c4ccccc4c4ccccc43)cc2)cc(-n2c3ccccc3c3ccc4c5ccccc5sc4c32)c1. The van der Waals surface area contributed by atoms with E-state index in [1.54, 1.807) is 0 Å². The van der Waals surface area contributed by atoms with Crippen LogP contribution in [-0.2, 0) is 0 Å². The topological polar surface area (TPSA) is 9.86 Å². The number of thiophene rings is 1. The van der Waals surface area contributed by atoms with Crippen molar-refractivity contribution in [2.24, 2.45) is 0 Å². The molecule has 0 unspecified atom stereocenters. The van der Waals surface area contributed by atoms with E-state index in [0.717, 1.165) is 0 Å². The Kier molecular flexibility index (Phi) is 5.19. The molecule has 0 atom stereocenters. The zero-order chi connectivity index (χ0) is 29.5. The molecule has 2 nitrogen and oxygen atoms in total. The molecule has 0 spiro atoms. The summed E-state index contributed by atoms with van der Waals surface area (Å²) in [6, 6.07) is 57.6. The van der Waals surface area contributed by atoms with Crippen LogP contribution < -0.4 is 0 Å². The highest BCUT2D eigenvalue weighted by Gasteiger charge is 2.18. The molecule has 7 aromatic carbocycles. The summed E-state index contributed by atoms with van der Waals surface area (Å²) in [6.07, 6.45) is 0. The Morgan fingerprint density at radius 1 is 0.356 bits per heavy atom. The van der Waals surface area contributed by atoms with E-state index < -0.39 is 0 Å². The standard InChI is InChI=1S/C42H26N2S/c1-5-16-37-31(12-1)32-13-2-6-17-38(32)43(37)29-22-20-27(21-23-29)28-10-9-11-30(26-28)44-39-18-7-3-14-33(39)35-24-25-36-34-15-4-8-19-40(34)45-42(36)41(35)44/h1-26H. The third kappa shape index (κ3) is 3.56. The summed E-state index contributed by atoms with van der Waals surface area (Å²) in [7, 11) is 0. The minimum absolute atomic E-state index is 1.17. The molecule has 210 valence electrons. The normalized spacial score (nSPS) is 12.0. The van der Waals surface area contributed by atoms with Gasteiger partial charge in [-0.2, -0.15) is 0 Å². The van der Waals surface area contributed by atoms with Crippen molar-refractivity contribution in [3.05, 3.63) is 158 Å². The van der Waals surface area contributed by atoms with Crippen LogP contribution in [0, 0.1) is 0 Å². The van der Waals surface area contributed by atoms with Gasteiger partial charge in [-0.1, -0.05) is 109 Å². The van der Waals surface area contributed by atoms with Gasteiger partial charge in [0.1, 0.15) is 0 Å². The Hall–Kier alpha value is -5.64. The number of hydrogen-bond donors (Lipinski definition) is 0. The minimum atomic E-state index is 1.17. The molecule has 3 aromatic heterocycles. The van der Waals surface area contributed by atoms with Crippen LogP contribution in [0.2, 0.25) is 0 Å². The van der Waals surface area contributed by atoms with Crippen LogP contribution in [0.25, 0.3) is 86.3 Å². The molecule has 0 bridgehead atoms. The second kappa shape index (κ2) is 9.43. The first-order chi connectivity index (χ1) is 22.3. The number of rotatable bonds is 3.